The van der Waals surface area contributed by atoms with Gasteiger partial charge in [-0.15, -0.1) is 11.3 Å². The SMILES string of the molecule is CNCC1(c2cccs2)CCNC(=O)C1. The molecule has 4 heteroatoms. The number of piperidine rings is 1. The third-order valence-corrected chi connectivity index (χ3v) is 4.10. The predicted octanol–water partition coefficient (Wildman–Crippen LogP) is 1.12. The molecule has 1 aromatic heterocycles. The van der Waals surface area contributed by atoms with Crippen molar-refractivity contribution in [1.29, 1.82) is 0 Å². The van der Waals surface area contributed by atoms with Crippen molar-refractivity contribution < 1.29 is 4.79 Å². The van der Waals surface area contributed by atoms with E-state index in [0.29, 0.717) is 6.42 Å². The van der Waals surface area contributed by atoms with Gasteiger partial charge in [0.1, 0.15) is 0 Å². The van der Waals surface area contributed by atoms with E-state index in [1.165, 1.54) is 4.88 Å². The standard InChI is InChI=1S/C11H16N2OS/c1-12-8-11(9-3-2-6-15-9)4-5-13-10(14)7-11/h2-3,6,12H,4-5,7-8H2,1H3,(H,13,14). The summed E-state index contributed by atoms with van der Waals surface area (Å²) in [5, 5.41) is 8.19. The van der Waals surface area contributed by atoms with E-state index in [1.807, 2.05) is 7.05 Å². The van der Waals surface area contributed by atoms with Crippen LogP contribution in [-0.2, 0) is 10.2 Å². The van der Waals surface area contributed by atoms with Crippen LogP contribution in [0.3, 0.4) is 0 Å². The van der Waals surface area contributed by atoms with Gasteiger partial charge in [-0.05, 0) is 24.9 Å². The zero-order chi connectivity index (χ0) is 10.7. The molecular weight excluding hydrogens is 208 g/mol. The Labute approximate surface area is 93.9 Å². The molecule has 0 aromatic carbocycles. The van der Waals surface area contributed by atoms with E-state index in [9.17, 15) is 4.79 Å². The summed E-state index contributed by atoms with van der Waals surface area (Å²) < 4.78 is 0. The highest BCUT2D eigenvalue weighted by molar-refractivity contribution is 7.10. The number of amides is 1. The van der Waals surface area contributed by atoms with Crippen LogP contribution in [-0.4, -0.2) is 26.0 Å². The molecule has 0 saturated carbocycles. The van der Waals surface area contributed by atoms with Crippen molar-refractivity contribution in [3.05, 3.63) is 22.4 Å². The van der Waals surface area contributed by atoms with E-state index < -0.39 is 0 Å². The van der Waals surface area contributed by atoms with Crippen LogP contribution in [0.2, 0.25) is 0 Å². The first kappa shape index (κ1) is 10.6. The molecule has 2 heterocycles. The van der Waals surface area contributed by atoms with Gasteiger partial charge in [0.05, 0.1) is 0 Å². The fraction of sp³-hybridized carbons (Fsp3) is 0.545. The molecule has 0 bridgehead atoms. The van der Waals surface area contributed by atoms with Crippen molar-refractivity contribution in [3.8, 4) is 0 Å². The van der Waals surface area contributed by atoms with Gasteiger partial charge in [-0.25, -0.2) is 0 Å². The van der Waals surface area contributed by atoms with Crippen molar-refractivity contribution >= 4 is 17.2 Å². The van der Waals surface area contributed by atoms with Crippen molar-refractivity contribution in [3.63, 3.8) is 0 Å². The number of hydrogen-bond donors (Lipinski definition) is 2. The summed E-state index contributed by atoms with van der Waals surface area (Å²) in [5.41, 5.74) is 0.0191. The van der Waals surface area contributed by atoms with E-state index in [-0.39, 0.29) is 11.3 Å². The Morgan fingerprint density at radius 1 is 1.67 bits per heavy atom. The Morgan fingerprint density at radius 2 is 2.53 bits per heavy atom. The third-order valence-electron chi connectivity index (χ3n) is 2.98. The Hall–Kier alpha value is -0.870. The van der Waals surface area contributed by atoms with Gasteiger partial charge < -0.3 is 10.6 Å². The monoisotopic (exact) mass is 224 g/mol. The van der Waals surface area contributed by atoms with Gasteiger partial charge in [0.25, 0.3) is 0 Å². The lowest BCUT2D eigenvalue weighted by Crippen LogP contribution is -2.47. The molecule has 1 atom stereocenters. The van der Waals surface area contributed by atoms with Gasteiger partial charge in [0, 0.05) is 29.8 Å². The van der Waals surface area contributed by atoms with Crippen LogP contribution in [0.25, 0.3) is 0 Å². The molecular formula is C11H16N2OS. The number of hydrogen-bond acceptors (Lipinski definition) is 3. The molecule has 15 heavy (non-hydrogen) atoms. The summed E-state index contributed by atoms with van der Waals surface area (Å²) in [6, 6.07) is 4.20. The molecule has 1 aliphatic rings. The minimum absolute atomic E-state index is 0.0191. The van der Waals surface area contributed by atoms with Crippen LogP contribution in [0.1, 0.15) is 17.7 Å². The second-order valence-corrected chi connectivity index (χ2v) is 5.01. The van der Waals surface area contributed by atoms with E-state index in [0.717, 1.165) is 19.5 Å². The first-order valence-corrected chi connectivity index (χ1v) is 6.10. The third kappa shape index (κ3) is 2.06. The molecule has 1 unspecified atom stereocenters. The lowest BCUT2D eigenvalue weighted by Gasteiger charge is -2.36. The van der Waals surface area contributed by atoms with E-state index in [1.54, 1.807) is 11.3 Å². The minimum Gasteiger partial charge on any atom is -0.356 e. The van der Waals surface area contributed by atoms with Crippen LogP contribution in [0, 0.1) is 0 Å². The Kier molecular flexibility index (Phi) is 3.07. The molecule has 1 aliphatic heterocycles. The normalized spacial score (nSPS) is 26.3. The van der Waals surface area contributed by atoms with Crippen molar-refractivity contribution in [2.24, 2.45) is 0 Å². The first-order valence-electron chi connectivity index (χ1n) is 5.22. The summed E-state index contributed by atoms with van der Waals surface area (Å²) >= 11 is 1.75. The van der Waals surface area contributed by atoms with Crippen LogP contribution in [0.15, 0.2) is 17.5 Å². The van der Waals surface area contributed by atoms with Gasteiger partial charge in [-0.1, -0.05) is 6.07 Å². The highest BCUT2D eigenvalue weighted by Gasteiger charge is 2.37. The summed E-state index contributed by atoms with van der Waals surface area (Å²) in [4.78, 5) is 12.8. The maximum atomic E-state index is 11.5. The van der Waals surface area contributed by atoms with E-state index in [2.05, 4.69) is 28.1 Å². The smallest absolute Gasteiger partial charge is 0.220 e. The fourth-order valence-electron chi connectivity index (χ4n) is 2.27. The van der Waals surface area contributed by atoms with Crippen molar-refractivity contribution in [1.82, 2.24) is 10.6 Å². The number of rotatable bonds is 3. The average Bonchev–Trinajstić information content (AvgIpc) is 2.71. The average molecular weight is 224 g/mol. The summed E-state index contributed by atoms with van der Waals surface area (Å²) in [7, 11) is 1.95. The molecule has 0 aliphatic carbocycles. The van der Waals surface area contributed by atoms with Crippen molar-refractivity contribution in [2.75, 3.05) is 20.1 Å². The number of thiophene rings is 1. The molecule has 3 nitrogen and oxygen atoms in total. The van der Waals surface area contributed by atoms with E-state index in [4.69, 9.17) is 0 Å². The molecule has 1 saturated heterocycles. The van der Waals surface area contributed by atoms with Crippen molar-refractivity contribution in [2.45, 2.75) is 18.3 Å². The molecule has 1 aromatic rings. The maximum absolute atomic E-state index is 11.5. The first-order chi connectivity index (χ1) is 7.27. The molecule has 1 amide bonds. The molecule has 2 rings (SSSR count). The zero-order valence-corrected chi connectivity index (χ0v) is 9.69. The summed E-state index contributed by atoms with van der Waals surface area (Å²) in [6.45, 7) is 1.67. The lowest BCUT2D eigenvalue weighted by atomic mass is 9.77. The van der Waals surface area contributed by atoms with Crippen LogP contribution in [0.4, 0.5) is 0 Å². The van der Waals surface area contributed by atoms with Gasteiger partial charge in [-0.2, -0.15) is 0 Å². The topological polar surface area (TPSA) is 41.1 Å². The highest BCUT2D eigenvalue weighted by atomic mass is 32.1. The summed E-state index contributed by atoms with van der Waals surface area (Å²) in [6.07, 6.45) is 1.63. The fourth-order valence-corrected chi connectivity index (χ4v) is 3.22. The lowest BCUT2D eigenvalue weighted by molar-refractivity contribution is -0.124. The molecule has 0 spiro atoms. The molecule has 2 N–H and O–H groups in total. The second-order valence-electron chi connectivity index (χ2n) is 4.06. The minimum atomic E-state index is 0.0191. The van der Waals surface area contributed by atoms with Crippen LogP contribution in [0.5, 0.6) is 0 Å². The predicted molar refractivity (Wildman–Crippen MR) is 62.2 cm³/mol. The number of carbonyl (C=O) groups excluding carboxylic acids is 1. The quantitative estimate of drug-likeness (QED) is 0.807. The van der Waals surface area contributed by atoms with E-state index >= 15 is 0 Å². The molecule has 0 radical (unpaired) electrons. The number of carbonyl (C=O) groups is 1. The van der Waals surface area contributed by atoms with Gasteiger partial charge in [-0.3, -0.25) is 4.79 Å². The summed E-state index contributed by atoms with van der Waals surface area (Å²) in [5.74, 6) is 0.171. The van der Waals surface area contributed by atoms with Gasteiger partial charge in [0.15, 0.2) is 0 Å². The Balaban J connectivity index is 2.27. The molecule has 1 fully saturated rings. The van der Waals surface area contributed by atoms with Gasteiger partial charge in [0.2, 0.25) is 5.91 Å². The van der Waals surface area contributed by atoms with Crippen LogP contribution < -0.4 is 10.6 Å². The number of likely N-dealkylation sites (N-methyl/N-ethyl adjacent to an activating group) is 1. The largest absolute Gasteiger partial charge is 0.356 e. The molecule has 82 valence electrons. The Bertz CT molecular complexity index is 332. The van der Waals surface area contributed by atoms with Crippen LogP contribution >= 0.6 is 11.3 Å². The number of nitrogens with one attached hydrogen (secondary N) is 2. The second kappa shape index (κ2) is 4.33. The maximum Gasteiger partial charge on any atom is 0.220 e. The van der Waals surface area contributed by atoms with Gasteiger partial charge >= 0.3 is 0 Å². The zero-order valence-electron chi connectivity index (χ0n) is 8.88. The Morgan fingerprint density at radius 3 is 3.13 bits per heavy atom. The highest BCUT2D eigenvalue weighted by Crippen LogP contribution is 2.35.